The third-order valence-electron chi connectivity index (χ3n) is 2.26. The largest absolute Gasteiger partial charge is 0.461 e. The molecule has 0 aliphatic carbocycles. The van der Waals surface area contributed by atoms with E-state index in [2.05, 4.69) is 4.98 Å². The second kappa shape index (κ2) is 5.09. The summed E-state index contributed by atoms with van der Waals surface area (Å²) in [5.74, 6) is -0.480. The first-order valence-electron chi connectivity index (χ1n) is 5.36. The Morgan fingerprint density at radius 3 is 3.18 bits per heavy atom. The molecule has 0 bridgehead atoms. The molecule has 0 aliphatic rings. The van der Waals surface area contributed by atoms with Crippen LogP contribution < -0.4 is 5.56 Å². The minimum absolute atomic E-state index is 0.234. The zero-order valence-electron chi connectivity index (χ0n) is 9.38. The first kappa shape index (κ1) is 11.8. The van der Waals surface area contributed by atoms with E-state index in [1.807, 2.05) is 6.92 Å². The van der Waals surface area contributed by atoms with Crippen LogP contribution in [-0.4, -0.2) is 22.0 Å². The normalized spacial score (nSPS) is 10.6. The molecule has 0 aromatic carbocycles. The van der Waals surface area contributed by atoms with Crippen LogP contribution >= 0.6 is 11.3 Å². The van der Waals surface area contributed by atoms with Gasteiger partial charge in [0.1, 0.15) is 5.69 Å². The van der Waals surface area contributed by atoms with Gasteiger partial charge in [-0.15, -0.1) is 11.3 Å². The SMILES string of the molecule is CCCCOC(=O)c1cc(=O)nc2sccn12. The molecule has 5 nitrogen and oxygen atoms in total. The van der Waals surface area contributed by atoms with Gasteiger partial charge >= 0.3 is 5.97 Å². The van der Waals surface area contributed by atoms with Gasteiger partial charge in [0.15, 0.2) is 4.96 Å². The molecule has 6 heteroatoms. The quantitative estimate of drug-likeness (QED) is 0.614. The van der Waals surface area contributed by atoms with Gasteiger partial charge in [-0.3, -0.25) is 9.20 Å². The van der Waals surface area contributed by atoms with E-state index in [1.54, 1.807) is 16.0 Å². The number of esters is 1. The highest BCUT2D eigenvalue weighted by atomic mass is 32.1. The number of thiazole rings is 1. The van der Waals surface area contributed by atoms with Crippen LogP contribution in [0.1, 0.15) is 30.3 Å². The van der Waals surface area contributed by atoms with Gasteiger partial charge in [0.05, 0.1) is 6.61 Å². The molecular formula is C11H12N2O3S. The average molecular weight is 252 g/mol. The maximum Gasteiger partial charge on any atom is 0.355 e. The number of carbonyl (C=O) groups excluding carboxylic acids is 1. The van der Waals surface area contributed by atoms with Crippen molar-refractivity contribution in [2.45, 2.75) is 19.8 Å². The van der Waals surface area contributed by atoms with Gasteiger partial charge in [0, 0.05) is 17.6 Å². The van der Waals surface area contributed by atoms with E-state index >= 15 is 0 Å². The van der Waals surface area contributed by atoms with Crippen molar-refractivity contribution in [2.24, 2.45) is 0 Å². The molecule has 0 saturated heterocycles. The van der Waals surface area contributed by atoms with E-state index in [4.69, 9.17) is 4.74 Å². The van der Waals surface area contributed by atoms with E-state index in [0.717, 1.165) is 12.8 Å². The highest BCUT2D eigenvalue weighted by molar-refractivity contribution is 7.15. The summed E-state index contributed by atoms with van der Waals surface area (Å²) in [7, 11) is 0. The maximum atomic E-state index is 11.8. The Balaban J connectivity index is 2.30. The van der Waals surface area contributed by atoms with Crippen LogP contribution in [0.15, 0.2) is 22.4 Å². The van der Waals surface area contributed by atoms with Gasteiger partial charge < -0.3 is 4.74 Å². The molecular weight excluding hydrogens is 240 g/mol. The molecule has 0 atom stereocenters. The monoisotopic (exact) mass is 252 g/mol. The number of carbonyl (C=O) groups is 1. The van der Waals surface area contributed by atoms with Crippen LogP contribution in [0.2, 0.25) is 0 Å². The molecule has 2 rings (SSSR count). The van der Waals surface area contributed by atoms with E-state index in [0.29, 0.717) is 11.6 Å². The third kappa shape index (κ3) is 2.52. The van der Waals surface area contributed by atoms with E-state index in [9.17, 15) is 9.59 Å². The molecule has 0 unspecified atom stereocenters. The second-order valence-corrected chi connectivity index (χ2v) is 4.40. The highest BCUT2D eigenvalue weighted by Gasteiger charge is 2.13. The maximum absolute atomic E-state index is 11.8. The van der Waals surface area contributed by atoms with Crippen LogP contribution in [0, 0.1) is 0 Å². The molecule has 0 amide bonds. The van der Waals surface area contributed by atoms with Crippen LogP contribution in [0.3, 0.4) is 0 Å². The zero-order chi connectivity index (χ0) is 12.3. The molecule has 0 radical (unpaired) electrons. The van der Waals surface area contributed by atoms with E-state index in [-0.39, 0.29) is 5.69 Å². The second-order valence-electron chi connectivity index (χ2n) is 3.52. The smallest absolute Gasteiger partial charge is 0.355 e. The lowest BCUT2D eigenvalue weighted by molar-refractivity contribution is 0.0491. The fourth-order valence-corrected chi connectivity index (χ4v) is 2.11. The van der Waals surface area contributed by atoms with Crippen molar-refractivity contribution in [2.75, 3.05) is 6.61 Å². The Kier molecular flexibility index (Phi) is 3.53. The lowest BCUT2D eigenvalue weighted by Crippen LogP contribution is -2.17. The number of nitrogens with zero attached hydrogens (tertiary/aromatic N) is 2. The van der Waals surface area contributed by atoms with Crippen molar-refractivity contribution < 1.29 is 9.53 Å². The molecule has 17 heavy (non-hydrogen) atoms. The van der Waals surface area contributed by atoms with Crippen molar-refractivity contribution in [1.82, 2.24) is 9.38 Å². The Bertz CT molecular complexity index is 588. The van der Waals surface area contributed by atoms with Crippen LogP contribution in [0.25, 0.3) is 4.96 Å². The van der Waals surface area contributed by atoms with Crippen molar-refractivity contribution in [3.05, 3.63) is 33.7 Å². The Morgan fingerprint density at radius 2 is 2.41 bits per heavy atom. The van der Waals surface area contributed by atoms with Crippen molar-refractivity contribution >= 4 is 22.3 Å². The van der Waals surface area contributed by atoms with E-state index < -0.39 is 11.5 Å². The van der Waals surface area contributed by atoms with Gasteiger partial charge in [0.2, 0.25) is 0 Å². The number of rotatable bonds is 4. The molecule has 0 N–H and O–H groups in total. The van der Waals surface area contributed by atoms with Crippen molar-refractivity contribution in [1.29, 1.82) is 0 Å². The minimum Gasteiger partial charge on any atom is -0.461 e. The highest BCUT2D eigenvalue weighted by Crippen LogP contribution is 2.10. The summed E-state index contributed by atoms with van der Waals surface area (Å²) < 4.78 is 6.65. The summed E-state index contributed by atoms with van der Waals surface area (Å²) in [4.78, 5) is 27.4. The molecule has 0 saturated carbocycles. The first-order chi connectivity index (χ1) is 8.22. The van der Waals surface area contributed by atoms with Gasteiger partial charge in [-0.05, 0) is 6.42 Å². The fourth-order valence-electron chi connectivity index (χ4n) is 1.39. The molecule has 2 aromatic heterocycles. The lowest BCUT2D eigenvalue weighted by Gasteiger charge is -2.05. The minimum atomic E-state index is -0.480. The number of hydrogen-bond donors (Lipinski definition) is 0. The number of hydrogen-bond acceptors (Lipinski definition) is 5. The van der Waals surface area contributed by atoms with Crippen LogP contribution in [-0.2, 0) is 4.74 Å². The fraction of sp³-hybridized carbons (Fsp3) is 0.364. The van der Waals surface area contributed by atoms with Gasteiger partial charge in [-0.25, -0.2) is 4.79 Å². The third-order valence-corrected chi connectivity index (χ3v) is 3.01. The molecule has 90 valence electrons. The summed E-state index contributed by atoms with van der Waals surface area (Å²) in [6.45, 7) is 2.39. The van der Waals surface area contributed by atoms with Crippen molar-refractivity contribution in [3.63, 3.8) is 0 Å². The first-order valence-corrected chi connectivity index (χ1v) is 6.24. The summed E-state index contributed by atoms with van der Waals surface area (Å²) in [5, 5.41) is 1.77. The predicted molar refractivity (Wildman–Crippen MR) is 64.5 cm³/mol. The number of ether oxygens (including phenoxy) is 1. The Hall–Kier alpha value is -1.69. The topological polar surface area (TPSA) is 60.7 Å². The van der Waals surface area contributed by atoms with Gasteiger partial charge in [-0.1, -0.05) is 13.3 Å². The molecule has 0 fully saturated rings. The van der Waals surface area contributed by atoms with Crippen LogP contribution in [0.4, 0.5) is 0 Å². The molecule has 0 aliphatic heterocycles. The Labute approximate surface area is 102 Å². The summed E-state index contributed by atoms with van der Waals surface area (Å²) in [6, 6.07) is 1.20. The summed E-state index contributed by atoms with van der Waals surface area (Å²) >= 11 is 1.31. The summed E-state index contributed by atoms with van der Waals surface area (Å²) in [5.41, 5.74) is -0.188. The van der Waals surface area contributed by atoms with Gasteiger partial charge in [0.25, 0.3) is 5.56 Å². The van der Waals surface area contributed by atoms with Crippen molar-refractivity contribution in [3.8, 4) is 0 Å². The molecule has 2 heterocycles. The predicted octanol–water partition coefficient (Wildman–Crippen LogP) is 1.71. The number of fused-ring (bicyclic) bond motifs is 1. The Morgan fingerprint density at radius 1 is 1.59 bits per heavy atom. The number of aromatic nitrogens is 2. The number of unbranched alkanes of at least 4 members (excludes halogenated alkanes) is 1. The summed E-state index contributed by atoms with van der Waals surface area (Å²) in [6.07, 6.45) is 3.47. The average Bonchev–Trinajstić information content (AvgIpc) is 2.75. The van der Waals surface area contributed by atoms with Crippen LogP contribution in [0.5, 0.6) is 0 Å². The van der Waals surface area contributed by atoms with Gasteiger partial charge in [-0.2, -0.15) is 4.98 Å². The molecule has 0 spiro atoms. The zero-order valence-corrected chi connectivity index (χ0v) is 10.2. The van der Waals surface area contributed by atoms with E-state index in [1.165, 1.54) is 17.4 Å². The molecule has 2 aromatic rings. The standard InChI is InChI=1S/C11H12N2O3S/c1-2-3-5-16-10(15)8-7-9(14)12-11-13(8)4-6-17-11/h4,6-7H,2-3,5H2,1H3. The lowest BCUT2D eigenvalue weighted by atomic mass is 10.3.